The summed E-state index contributed by atoms with van der Waals surface area (Å²) in [6, 6.07) is -0.510. The monoisotopic (exact) mass is 226 g/mol. The molecule has 0 radical (unpaired) electrons. The van der Waals surface area contributed by atoms with E-state index in [1.165, 1.54) is 0 Å². The number of aliphatic carboxylic acids is 1. The molecule has 0 amide bonds. The summed E-state index contributed by atoms with van der Waals surface area (Å²) in [6.07, 6.45) is 2.27. The van der Waals surface area contributed by atoms with Crippen LogP contribution in [-0.2, 0) is 18.3 Å². The highest BCUT2D eigenvalue weighted by Gasteiger charge is 2.20. The first-order chi connectivity index (χ1) is 7.50. The highest BCUT2D eigenvalue weighted by atomic mass is 16.4. The van der Waals surface area contributed by atoms with E-state index in [2.05, 4.69) is 15.4 Å². The van der Waals surface area contributed by atoms with E-state index in [1.807, 2.05) is 13.8 Å². The number of nitrogens with one attached hydrogen (secondary N) is 1. The Bertz CT molecular complexity index is 348. The van der Waals surface area contributed by atoms with E-state index in [0.717, 1.165) is 5.82 Å². The molecule has 0 fully saturated rings. The van der Waals surface area contributed by atoms with Crippen LogP contribution in [0.4, 0.5) is 0 Å². The van der Waals surface area contributed by atoms with Gasteiger partial charge in [-0.3, -0.25) is 9.48 Å². The maximum Gasteiger partial charge on any atom is 0.320 e. The molecule has 0 aliphatic rings. The predicted octanol–water partition coefficient (Wildman–Crippen LogP) is 0.0564. The van der Waals surface area contributed by atoms with Crippen LogP contribution in [0.25, 0.3) is 0 Å². The molecule has 1 unspecified atom stereocenters. The van der Waals surface area contributed by atoms with Crippen molar-refractivity contribution in [1.29, 1.82) is 0 Å². The number of carboxylic acids is 1. The highest BCUT2D eigenvalue weighted by Crippen LogP contribution is 2.01. The van der Waals surface area contributed by atoms with Crippen LogP contribution in [0.2, 0.25) is 0 Å². The number of hydrogen-bond acceptors (Lipinski definition) is 4. The van der Waals surface area contributed by atoms with Gasteiger partial charge in [-0.2, -0.15) is 5.10 Å². The Morgan fingerprint density at radius 2 is 2.31 bits per heavy atom. The number of aromatic nitrogens is 3. The lowest BCUT2D eigenvalue weighted by molar-refractivity contribution is -0.140. The summed E-state index contributed by atoms with van der Waals surface area (Å²) in [6.45, 7) is 4.33. The lowest BCUT2D eigenvalue weighted by atomic mass is 10.0. The maximum atomic E-state index is 10.9. The van der Waals surface area contributed by atoms with Crippen molar-refractivity contribution in [3.63, 3.8) is 0 Å². The molecule has 0 aromatic carbocycles. The zero-order valence-electron chi connectivity index (χ0n) is 9.84. The number of carboxylic acid groups (broad SMARTS) is 1. The largest absolute Gasteiger partial charge is 0.480 e. The van der Waals surface area contributed by atoms with Gasteiger partial charge in [-0.1, -0.05) is 13.8 Å². The molecular weight excluding hydrogens is 208 g/mol. The Balaban J connectivity index is 2.36. The fraction of sp³-hybridized carbons (Fsp3) is 0.700. The lowest BCUT2D eigenvalue weighted by Crippen LogP contribution is -2.41. The lowest BCUT2D eigenvalue weighted by Gasteiger charge is -2.17. The minimum atomic E-state index is -0.816. The van der Waals surface area contributed by atoms with E-state index < -0.39 is 12.0 Å². The summed E-state index contributed by atoms with van der Waals surface area (Å²) in [5, 5.41) is 16.1. The van der Waals surface area contributed by atoms with Gasteiger partial charge in [0.05, 0.1) is 0 Å². The molecule has 6 nitrogen and oxygen atoms in total. The van der Waals surface area contributed by atoms with Crippen molar-refractivity contribution >= 4 is 5.97 Å². The third-order valence-electron chi connectivity index (χ3n) is 2.29. The van der Waals surface area contributed by atoms with Crippen molar-refractivity contribution in [1.82, 2.24) is 20.1 Å². The summed E-state index contributed by atoms with van der Waals surface area (Å²) in [5.74, 6) is -0.0268. The minimum absolute atomic E-state index is 0.0641. The first-order valence-corrected chi connectivity index (χ1v) is 5.31. The van der Waals surface area contributed by atoms with E-state index in [-0.39, 0.29) is 5.92 Å². The van der Waals surface area contributed by atoms with Gasteiger partial charge in [-0.05, 0) is 5.92 Å². The van der Waals surface area contributed by atoms with E-state index in [4.69, 9.17) is 5.11 Å². The number of rotatable bonds is 6. The van der Waals surface area contributed by atoms with Gasteiger partial charge in [0.15, 0.2) is 5.82 Å². The van der Waals surface area contributed by atoms with E-state index in [0.29, 0.717) is 13.0 Å². The molecule has 0 saturated carbocycles. The van der Waals surface area contributed by atoms with Crippen LogP contribution in [0, 0.1) is 5.92 Å². The second-order valence-electron chi connectivity index (χ2n) is 4.10. The van der Waals surface area contributed by atoms with Gasteiger partial charge >= 0.3 is 5.97 Å². The Kier molecular flexibility index (Phi) is 4.42. The Morgan fingerprint density at radius 3 is 2.75 bits per heavy atom. The van der Waals surface area contributed by atoms with Crippen molar-refractivity contribution in [2.24, 2.45) is 13.0 Å². The van der Waals surface area contributed by atoms with Gasteiger partial charge in [0.1, 0.15) is 12.4 Å². The van der Waals surface area contributed by atoms with Crippen LogP contribution in [0.15, 0.2) is 6.33 Å². The Morgan fingerprint density at radius 1 is 1.62 bits per heavy atom. The normalized spacial score (nSPS) is 13.0. The van der Waals surface area contributed by atoms with Gasteiger partial charge in [-0.25, -0.2) is 4.98 Å². The van der Waals surface area contributed by atoms with Crippen LogP contribution in [0.3, 0.4) is 0 Å². The zero-order chi connectivity index (χ0) is 12.1. The van der Waals surface area contributed by atoms with Gasteiger partial charge < -0.3 is 10.4 Å². The molecule has 6 heteroatoms. The standard InChI is InChI=1S/C10H18N4O2/c1-7(2)9(10(15)16)11-5-4-8-12-6-14(3)13-8/h6-7,9,11H,4-5H2,1-3H3,(H,15,16). The average Bonchev–Trinajstić information content (AvgIpc) is 2.57. The predicted molar refractivity (Wildman–Crippen MR) is 59.0 cm³/mol. The fourth-order valence-electron chi connectivity index (χ4n) is 1.45. The summed E-state index contributed by atoms with van der Waals surface area (Å²) in [4.78, 5) is 15.0. The van der Waals surface area contributed by atoms with Crippen molar-refractivity contribution in [3.8, 4) is 0 Å². The van der Waals surface area contributed by atoms with Crippen LogP contribution in [-0.4, -0.2) is 38.4 Å². The summed E-state index contributed by atoms with van der Waals surface area (Å²) < 4.78 is 1.63. The van der Waals surface area contributed by atoms with Crippen molar-refractivity contribution in [2.45, 2.75) is 26.3 Å². The molecule has 90 valence electrons. The van der Waals surface area contributed by atoms with Gasteiger partial charge in [0.25, 0.3) is 0 Å². The molecule has 1 aromatic rings. The van der Waals surface area contributed by atoms with Crippen LogP contribution in [0.1, 0.15) is 19.7 Å². The number of nitrogens with zero attached hydrogens (tertiary/aromatic N) is 3. The molecule has 1 rings (SSSR count). The Hall–Kier alpha value is -1.43. The molecule has 0 saturated heterocycles. The minimum Gasteiger partial charge on any atom is -0.480 e. The average molecular weight is 226 g/mol. The fourth-order valence-corrected chi connectivity index (χ4v) is 1.45. The third-order valence-corrected chi connectivity index (χ3v) is 2.29. The number of hydrogen-bond donors (Lipinski definition) is 2. The summed E-state index contributed by atoms with van der Waals surface area (Å²) in [7, 11) is 1.80. The van der Waals surface area contributed by atoms with Gasteiger partial charge in [0.2, 0.25) is 0 Å². The second kappa shape index (κ2) is 5.60. The quantitative estimate of drug-likeness (QED) is 0.716. The first kappa shape index (κ1) is 12.6. The summed E-state index contributed by atoms with van der Waals surface area (Å²) in [5.41, 5.74) is 0. The zero-order valence-corrected chi connectivity index (χ0v) is 9.84. The molecule has 2 N–H and O–H groups in total. The van der Waals surface area contributed by atoms with Gasteiger partial charge in [0, 0.05) is 20.0 Å². The number of carbonyl (C=O) groups is 1. The molecule has 1 aromatic heterocycles. The maximum absolute atomic E-state index is 10.9. The smallest absolute Gasteiger partial charge is 0.320 e. The molecule has 0 spiro atoms. The second-order valence-corrected chi connectivity index (χ2v) is 4.10. The van der Waals surface area contributed by atoms with E-state index in [9.17, 15) is 4.79 Å². The Labute approximate surface area is 94.7 Å². The topological polar surface area (TPSA) is 80.0 Å². The summed E-state index contributed by atoms with van der Waals surface area (Å²) >= 11 is 0. The highest BCUT2D eigenvalue weighted by molar-refractivity contribution is 5.73. The third kappa shape index (κ3) is 3.62. The van der Waals surface area contributed by atoms with Crippen molar-refractivity contribution < 1.29 is 9.90 Å². The molecule has 0 aliphatic heterocycles. The van der Waals surface area contributed by atoms with Gasteiger partial charge in [-0.15, -0.1) is 0 Å². The van der Waals surface area contributed by atoms with Crippen molar-refractivity contribution in [2.75, 3.05) is 6.54 Å². The van der Waals surface area contributed by atoms with Crippen LogP contribution >= 0.6 is 0 Å². The molecule has 16 heavy (non-hydrogen) atoms. The molecule has 1 heterocycles. The number of aryl methyl sites for hydroxylation is 1. The van der Waals surface area contributed by atoms with Crippen LogP contribution in [0.5, 0.6) is 0 Å². The molecule has 1 atom stereocenters. The molecule has 0 aliphatic carbocycles. The van der Waals surface area contributed by atoms with Crippen LogP contribution < -0.4 is 5.32 Å². The van der Waals surface area contributed by atoms with E-state index >= 15 is 0 Å². The SMILES string of the molecule is CC(C)C(NCCc1ncn(C)n1)C(=O)O. The first-order valence-electron chi connectivity index (χ1n) is 5.31. The van der Waals surface area contributed by atoms with E-state index in [1.54, 1.807) is 18.1 Å². The molecule has 0 bridgehead atoms. The molecular formula is C10H18N4O2. The van der Waals surface area contributed by atoms with Crippen molar-refractivity contribution in [3.05, 3.63) is 12.2 Å².